The molecule has 2 aromatic rings. The summed E-state index contributed by atoms with van der Waals surface area (Å²) >= 11 is 0. The molecule has 4 nitrogen and oxygen atoms in total. The molecule has 0 aromatic heterocycles. The summed E-state index contributed by atoms with van der Waals surface area (Å²) in [5.74, 6) is 1.06. The second kappa shape index (κ2) is 5.38. The minimum absolute atomic E-state index is 0.0680. The number of amides is 1. The first-order chi connectivity index (χ1) is 12.9. The normalized spacial score (nSPS) is 27.3. The Kier molecular flexibility index (Phi) is 3.27. The van der Waals surface area contributed by atoms with Gasteiger partial charge in [0.05, 0.1) is 6.54 Å². The molecule has 138 valence electrons. The van der Waals surface area contributed by atoms with E-state index < -0.39 is 5.66 Å². The van der Waals surface area contributed by atoms with Gasteiger partial charge in [-0.3, -0.25) is 4.79 Å². The second-order valence-corrected chi connectivity index (χ2v) is 8.38. The van der Waals surface area contributed by atoms with Gasteiger partial charge < -0.3 is 15.0 Å². The zero-order chi connectivity index (χ0) is 18.8. The van der Waals surface area contributed by atoms with Gasteiger partial charge in [0.25, 0.3) is 0 Å². The highest BCUT2D eigenvalue weighted by atomic mass is 16.5. The van der Waals surface area contributed by atoms with Crippen molar-refractivity contribution in [2.75, 3.05) is 11.4 Å². The average Bonchev–Trinajstić information content (AvgIpc) is 3.23. The van der Waals surface area contributed by atoms with E-state index in [0.29, 0.717) is 6.54 Å². The van der Waals surface area contributed by atoms with Crippen molar-refractivity contribution in [3.63, 3.8) is 0 Å². The third-order valence-corrected chi connectivity index (χ3v) is 6.32. The summed E-state index contributed by atoms with van der Waals surface area (Å²) in [6, 6.07) is 14.7. The van der Waals surface area contributed by atoms with Gasteiger partial charge in [-0.25, -0.2) is 0 Å². The Labute approximate surface area is 159 Å². The second-order valence-electron chi connectivity index (χ2n) is 8.38. The van der Waals surface area contributed by atoms with Crippen molar-refractivity contribution in [1.29, 1.82) is 0 Å². The van der Waals surface area contributed by atoms with Gasteiger partial charge in [0.1, 0.15) is 17.5 Å². The fourth-order valence-corrected chi connectivity index (χ4v) is 4.90. The largest absolute Gasteiger partial charge is 0.490 e. The lowest BCUT2D eigenvalue weighted by molar-refractivity contribution is -0.118. The Bertz CT molecular complexity index is 978. The summed E-state index contributed by atoms with van der Waals surface area (Å²) in [7, 11) is 0. The highest BCUT2D eigenvalue weighted by Gasteiger charge is 2.59. The van der Waals surface area contributed by atoms with Gasteiger partial charge >= 0.3 is 0 Å². The molecule has 3 aliphatic heterocycles. The van der Waals surface area contributed by atoms with Crippen molar-refractivity contribution in [3.8, 4) is 5.75 Å². The Morgan fingerprint density at radius 1 is 1.22 bits per heavy atom. The van der Waals surface area contributed by atoms with Crippen LogP contribution in [0.3, 0.4) is 0 Å². The number of carbonyl (C=O) groups excluding carboxylic acids is 1. The van der Waals surface area contributed by atoms with Crippen molar-refractivity contribution in [2.45, 2.75) is 44.4 Å². The summed E-state index contributed by atoms with van der Waals surface area (Å²) < 4.78 is 5.81. The number of rotatable bonds is 2. The summed E-state index contributed by atoms with van der Waals surface area (Å²) in [4.78, 5) is 14.6. The summed E-state index contributed by atoms with van der Waals surface area (Å²) in [6.07, 6.45) is 5.49. The molecular weight excluding hydrogens is 336 g/mol. The molecule has 0 spiro atoms. The first kappa shape index (κ1) is 16.4. The summed E-state index contributed by atoms with van der Waals surface area (Å²) in [6.45, 7) is 6.90. The number of ether oxygens (including phenoxy) is 1. The molecule has 4 heteroatoms. The van der Waals surface area contributed by atoms with E-state index in [0.717, 1.165) is 23.4 Å². The third kappa shape index (κ3) is 2.19. The fraction of sp³-hybridized carbons (Fsp3) is 0.348. The molecule has 1 N–H and O–H groups in total. The Morgan fingerprint density at radius 2 is 2.04 bits per heavy atom. The molecule has 3 heterocycles. The highest BCUT2D eigenvalue weighted by Crippen LogP contribution is 2.52. The molecule has 0 bridgehead atoms. The van der Waals surface area contributed by atoms with Crippen LogP contribution in [0.25, 0.3) is 6.08 Å². The number of para-hydroxylation sites is 1. The van der Waals surface area contributed by atoms with Gasteiger partial charge in [-0.15, -0.1) is 0 Å². The van der Waals surface area contributed by atoms with Crippen LogP contribution in [-0.4, -0.2) is 24.2 Å². The smallest absolute Gasteiger partial charge is 0.241 e. The molecular formula is C23H24N2O2. The number of carbonyl (C=O) groups is 1. The van der Waals surface area contributed by atoms with Gasteiger partial charge in [-0.1, -0.05) is 44.2 Å². The molecule has 3 aliphatic rings. The molecule has 0 aliphatic carbocycles. The van der Waals surface area contributed by atoms with E-state index in [1.165, 1.54) is 11.1 Å². The monoisotopic (exact) mass is 360 g/mol. The van der Waals surface area contributed by atoms with E-state index >= 15 is 0 Å². The Balaban J connectivity index is 1.57. The molecule has 2 atom stereocenters. The van der Waals surface area contributed by atoms with Crippen LogP contribution in [0.1, 0.15) is 37.5 Å². The van der Waals surface area contributed by atoms with Gasteiger partial charge in [0.2, 0.25) is 5.91 Å². The van der Waals surface area contributed by atoms with Crippen LogP contribution >= 0.6 is 0 Å². The number of benzene rings is 2. The van der Waals surface area contributed by atoms with Crippen LogP contribution in [0.5, 0.6) is 5.75 Å². The maximum absolute atomic E-state index is 12.4. The predicted octanol–water partition coefficient (Wildman–Crippen LogP) is 3.65. The topological polar surface area (TPSA) is 41.6 Å². The van der Waals surface area contributed by atoms with Crippen molar-refractivity contribution >= 4 is 17.7 Å². The number of anilines is 1. The number of nitrogens with zero attached hydrogens (tertiary/aromatic N) is 1. The summed E-state index contributed by atoms with van der Waals surface area (Å²) in [5, 5.41) is 3.27. The van der Waals surface area contributed by atoms with Crippen molar-refractivity contribution in [3.05, 3.63) is 65.2 Å². The minimum Gasteiger partial charge on any atom is -0.490 e. The van der Waals surface area contributed by atoms with E-state index in [1.807, 2.05) is 6.07 Å². The standard InChI is InChI=1S/C23H24N2O2/c1-15-12-17-13-16(8-9-20(17)27-15)10-11-23-22(2,3)18-6-4-5-7-19(18)25(23)14-21(26)24-23/h4-11,13,15H,12,14H2,1-3H3,(H,24,26)/b11-10+/t15-,23+/m0/s1. The SMILES string of the molecule is C[C@H]1Cc2cc(/C=C/[C@@]34NC(=O)CN3c3ccccc3C4(C)C)ccc2O1. The number of nitrogens with one attached hydrogen (secondary N) is 1. The molecule has 0 radical (unpaired) electrons. The van der Waals surface area contributed by atoms with Crippen LogP contribution in [0.15, 0.2) is 48.5 Å². The molecule has 1 fully saturated rings. The lowest BCUT2D eigenvalue weighted by atomic mass is 9.75. The molecule has 0 saturated carbocycles. The zero-order valence-electron chi connectivity index (χ0n) is 16.0. The molecule has 5 rings (SSSR count). The zero-order valence-corrected chi connectivity index (χ0v) is 16.0. The number of hydrogen-bond donors (Lipinski definition) is 1. The average molecular weight is 360 g/mol. The van der Waals surface area contributed by atoms with Gasteiger partial charge in [0.15, 0.2) is 0 Å². The first-order valence-corrected chi connectivity index (χ1v) is 9.58. The van der Waals surface area contributed by atoms with E-state index in [9.17, 15) is 4.79 Å². The molecule has 2 aromatic carbocycles. The Morgan fingerprint density at radius 3 is 2.89 bits per heavy atom. The lowest BCUT2D eigenvalue weighted by Gasteiger charge is -2.40. The van der Waals surface area contributed by atoms with Crippen molar-refractivity contribution < 1.29 is 9.53 Å². The van der Waals surface area contributed by atoms with Crippen LogP contribution in [0.4, 0.5) is 5.69 Å². The van der Waals surface area contributed by atoms with Crippen molar-refractivity contribution in [1.82, 2.24) is 5.32 Å². The quantitative estimate of drug-likeness (QED) is 0.889. The Hall–Kier alpha value is -2.75. The summed E-state index contributed by atoms with van der Waals surface area (Å²) in [5.41, 5.74) is 4.02. The maximum Gasteiger partial charge on any atom is 0.241 e. The highest BCUT2D eigenvalue weighted by molar-refractivity contribution is 5.91. The van der Waals surface area contributed by atoms with Gasteiger partial charge in [-0.2, -0.15) is 0 Å². The lowest BCUT2D eigenvalue weighted by Crippen LogP contribution is -2.58. The van der Waals surface area contributed by atoms with Crippen LogP contribution in [0, 0.1) is 0 Å². The number of fused-ring (bicyclic) bond motifs is 4. The predicted molar refractivity (Wildman–Crippen MR) is 107 cm³/mol. The van der Waals surface area contributed by atoms with Gasteiger partial charge in [0, 0.05) is 17.5 Å². The van der Waals surface area contributed by atoms with E-state index in [-0.39, 0.29) is 17.4 Å². The van der Waals surface area contributed by atoms with Gasteiger partial charge in [-0.05, 0) is 47.9 Å². The first-order valence-electron chi connectivity index (χ1n) is 9.58. The molecule has 1 saturated heterocycles. The van der Waals surface area contributed by atoms with E-state index in [4.69, 9.17) is 4.74 Å². The minimum atomic E-state index is -0.545. The van der Waals surface area contributed by atoms with Crippen LogP contribution < -0.4 is 15.0 Å². The molecule has 0 unspecified atom stereocenters. The fourth-order valence-electron chi connectivity index (χ4n) is 4.90. The number of hydrogen-bond acceptors (Lipinski definition) is 3. The van der Waals surface area contributed by atoms with E-state index in [1.54, 1.807) is 0 Å². The van der Waals surface area contributed by atoms with Crippen molar-refractivity contribution in [2.24, 2.45) is 0 Å². The third-order valence-electron chi connectivity index (χ3n) is 6.32. The van der Waals surface area contributed by atoms with E-state index in [2.05, 4.69) is 79.5 Å². The molecule has 1 amide bonds. The maximum atomic E-state index is 12.4. The van der Waals surface area contributed by atoms with Crippen LogP contribution in [0.2, 0.25) is 0 Å². The molecule has 27 heavy (non-hydrogen) atoms. The van der Waals surface area contributed by atoms with Crippen LogP contribution in [-0.2, 0) is 16.6 Å².